The summed E-state index contributed by atoms with van der Waals surface area (Å²) in [6, 6.07) is 0.0671. The molecular formula is C24H40N2O3. The van der Waals surface area contributed by atoms with Crippen molar-refractivity contribution >= 4 is 11.7 Å². The summed E-state index contributed by atoms with van der Waals surface area (Å²) in [7, 11) is 0. The topological polar surface area (TPSA) is 58.6 Å². The van der Waals surface area contributed by atoms with Crippen molar-refractivity contribution in [2.24, 2.45) is 17.8 Å². The molecule has 1 N–H and O–H groups in total. The Balaban J connectivity index is 1.23. The first kappa shape index (κ1) is 21.3. The van der Waals surface area contributed by atoms with Gasteiger partial charge < -0.3 is 10.1 Å². The minimum atomic E-state index is 0.0293. The van der Waals surface area contributed by atoms with E-state index >= 15 is 0 Å². The number of rotatable bonds is 6. The summed E-state index contributed by atoms with van der Waals surface area (Å²) in [5.74, 6) is 1.54. The fourth-order valence-corrected chi connectivity index (χ4v) is 6.51. The van der Waals surface area contributed by atoms with E-state index in [0.717, 1.165) is 32.4 Å². The fourth-order valence-electron chi connectivity index (χ4n) is 6.51. The molecule has 0 bridgehead atoms. The molecule has 5 nitrogen and oxygen atoms in total. The standard InChI is InChI=1S/C24H40N2O3/c1-17(27)22-15-18-7-5-6-10-21(18)24(22)25-23(28)16-26-13-11-20(12-14-26)29-19-8-3-2-4-9-19/h18-22,24H,2-16H2,1H3,(H,25,28). The van der Waals surface area contributed by atoms with Gasteiger partial charge in [-0.05, 0) is 57.3 Å². The normalized spacial score (nSPS) is 34.7. The molecule has 1 saturated heterocycles. The number of carbonyl (C=O) groups excluding carboxylic acids is 2. The maximum absolute atomic E-state index is 12.8. The van der Waals surface area contributed by atoms with Crippen LogP contribution in [0.5, 0.6) is 0 Å². The molecule has 1 aliphatic heterocycles. The predicted octanol–water partition coefficient (Wildman–Crippen LogP) is 3.70. The zero-order chi connectivity index (χ0) is 20.2. The van der Waals surface area contributed by atoms with Gasteiger partial charge in [-0.25, -0.2) is 0 Å². The highest BCUT2D eigenvalue weighted by Gasteiger charge is 2.46. The lowest BCUT2D eigenvalue weighted by molar-refractivity contribution is -0.126. The molecule has 0 aromatic heterocycles. The Bertz CT molecular complexity index is 566. The summed E-state index contributed by atoms with van der Waals surface area (Å²) >= 11 is 0. The van der Waals surface area contributed by atoms with Gasteiger partial charge in [0.2, 0.25) is 5.91 Å². The first-order valence-electron chi connectivity index (χ1n) is 12.3. The van der Waals surface area contributed by atoms with Gasteiger partial charge in [-0.2, -0.15) is 0 Å². The van der Waals surface area contributed by atoms with Crippen LogP contribution in [0.1, 0.15) is 84.0 Å². The Labute approximate surface area is 176 Å². The van der Waals surface area contributed by atoms with Gasteiger partial charge in [-0.15, -0.1) is 0 Å². The summed E-state index contributed by atoms with van der Waals surface area (Å²) in [5, 5.41) is 3.30. The maximum atomic E-state index is 12.8. The lowest BCUT2D eigenvalue weighted by atomic mass is 9.80. The minimum Gasteiger partial charge on any atom is -0.375 e. The van der Waals surface area contributed by atoms with E-state index in [1.54, 1.807) is 6.92 Å². The van der Waals surface area contributed by atoms with E-state index in [9.17, 15) is 9.59 Å². The van der Waals surface area contributed by atoms with E-state index in [1.807, 2.05) is 0 Å². The van der Waals surface area contributed by atoms with E-state index in [0.29, 0.717) is 30.6 Å². The van der Waals surface area contributed by atoms with Gasteiger partial charge in [-0.3, -0.25) is 14.5 Å². The molecule has 164 valence electrons. The third kappa shape index (κ3) is 5.41. The molecule has 4 aliphatic rings. The summed E-state index contributed by atoms with van der Waals surface area (Å²) < 4.78 is 6.33. The molecule has 3 saturated carbocycles. The van der Waals surface area contributed by atoms with Crippen LogP contribution in [0.2, 0.25) is 0 Å². The van der Waals surface area contributed by atoms with Crippen molar-refractivity contribution in [3.8, 4) is 0 Å². The van der Waals surface area contributed by atoms with Crippen LogP contribution in [0.4, 0.5) is 0 Å². The highest BCUT2D eigenvalue weighted by atomic mass is 16.5. The van der Waals surface area contributed by atoms with Gasteiger partial charge in [0.25, 0.3) is 0 Å². The second-order valence-electron chi connectivity index (χ2n) is 10.1. The second kappa shape index (κ2) is 9.91. The number of amides is 1. The van der Waals surface area contributed by atoms with E-state index in [2.05, 4.69) is 10.2 Å². The van der Waals surface area contributed by atoms with Crippen LogP contribution in [-0.4, -0.2) is 54.5 Å². The van der Waals surface area contributed by atoms with Gasteiger partial charge >= 0.3 is 0 Å². The number of fused-ring (bicyclic) bond motifs is 1. The van der Waals surface area contributed by atoms with Crippen molar-refractivity contribution in [2.75, 3.05) is 19.6 Å². The summed E-state index contributed by atoms with van der Waals surface area (Å²) in [6.07, 6.45) is 15.3. The van der Waals surface area contributed by atoms with E-state index < -0.39 is 0 Å². The second-order valence-corrected chi connectivity index (χ2v) is 10.1. The molecule has 1 heterocycles. The largest absolute Gasteiger partial charge is 0.375 e. The van der Waals surface area contributed by atoms with E-state index in [-0.39, 0.29) is 23.7 Å². The number of hydrogen-bond donors (Lipinski definition) is 1. The first-order valence-corrected chi connectivity index (χ1v) is 12.3. The fraction of sp³-hybridized carbons (Fsp3) is 0.917. The molecule has 29 heavy (non-hydrogen) atoms. The minimum absolute atomic E-state index is 0.0293. The summed E-state index contributed by atoms with van der Waals surface area (Å²) in [5.41, 5.74) is 0. The van der Waals surface area contributed by atoms with Crippen molar-refractivity contribution in [3.63, 3.8) is 0 Å². The number of piperidine rings is 1. The molecule has 4 rings (SSSR count). The average Bonchev–Trinajstić information content (AvgIpc) is 3.09. The van der Waals surface area contributed by atoms with Crippen LogP contribution in [0.25, 0.3) is 0 Å². The molecule has 0 aromatic carbocycles. The van der Waals surface area contributed by atoms with Crippen LogP contribution in [-0.2, 0) is 14.3 Å². The van der Waals surface area contributed by atoms with Crippen LogP contribution < -0.4 is 5.32 Å². The monoisotopic (exact) mass is 404 g/mol. The van der Waals surface area contributed by atoms with Gasteiger partial charge in [0, 0.05) is 25.0 Å². The lowest BCUT2D eigenvalue weighted by Crippen LogP contribution is -2.49. The molecule has 4 atom stereocenters. The van der Waals surface area contributed by atoms with Gasteiger partial charge in [-0.1, -0.05) is 38.5 Å². The Hall–Kier alpha value is -0.940. The molecule has 5 heteroatoms. The van der Waals surface area contributed by atoms with Crippen LogP contribution in [0.15, 0.2) is 0 Å². The molecule has 1 amide bonds. The number of ether oxygens (including phenoxy) is 1. The molecule has 4 fully saturated rings. The van der Waals surface area contributed by atoms with Gasteiger partial charge in [0.1, 0.15) is 5.78 Å². The van der Waals surface area contributed by atoms with E-state index in [4.69, 9.17) is 4.74 Å². The Morgan fingerprint density at radius 3 is 2.28 bits per heavy atom. The Kier molecular flexibility index (Phi) is 7.28. The third-order valence-corrected chi connectivity index (χ3v) is 8.11. The molecule has 0 aromatic rings. The lowest BCUT2D eigenvalue weighted by Gasteiger charge is -2.35. The smallest absolute Gasteiger partial charge is 0.234 e. The van der Waals surface area contributed by atoms with Crippen LogP contribution in [0, 0.1) is 17.8 Å². The molecule has 3 aliphatic carbocycles. The highest BCUT2D eigenvalue weighted by Crippen LogP contribution is 2.45. The van der Waals surface area contributed by atoms with Crippen molar-refractivity contribution in [1.29, 1.82) is 0 Å². The van der Waals surface area contributed by atoms with E-state index in [1.165, 1.54) is 57.8 Å². The number of carbonyl (C=O) groups is 2. The van der Waals surface area contributed by atoms with Crippen molar-refractivity contribution in [1.82, 2.24) is 10.2 Å². The highest BCUT2D eigenvalue weighted by molar-refractivity contribution is 5.82. The van der Waals surface area contributed by atoms with Crippen LogP contribution >= 0.6 is 0 Å². The Morgan fingerprint density at radius 1 is 0.897 bits per heavy atom. The summed E-state index contributed by atoms with van der Waals surface area (Å²) in [4.78, 5) is 27.3. The average molecular weight is 405 g/mol. The van der Waals surface area contributed by atoms with Gasteiger partial charge in [0.05, 0.1) is 18.8 Å². The van der Waals surface area contributed by atoms with Gasteiger partial charge in [0.15, 0.2) is 0 Å². The predicted molar refractivity (Wildman–Crippen MR) is 114 cm³/mol. The van der Waals surface area contributed by atoms with Crippen LogP contribution in [0.3, 0.4) is 0 Å². The molecule has 4 unspecified atom stereocenters. The third-order valence-electron chi connectivity index (χ3n) is 8.11. The molecule has 0 radical (unpaired) electrons. The number of Topliss-reactive ketones (excluding diaryl/α,β-unsaturated/α-hetero) is 1. The number of ketones is 1. The molecular weight excluding hydrogens is 364 g/mol. The summed E-state index contributed by atoms with van der Waals surface area (Å²) in [6.45, 7) is 4.06. The number of hydrogen-bond acceptors (Lipinski definition) is 4. The Morgan fingerprint density at radius 2 is 1.55 bits per heavy atom. The number of nitrogens with zero attached hydrogens (tertiary/aromatic N) is 1. The zero-order valence-corrected chi connectivity index (χ0v) is 18.2. The maximum Gasteiger partial charge on any atom is 0.234 e. The van der Waals surface area contributed by atoms with Crippen molar-refractivity contribution in [2.45, 2.75) is 102 Å². The quantitative estimate of drug-likeness (QED) is 0.733. The number of nitrogens with one attached hydrogen (secondary N) is 1. The van der Waals surface area contributed by atoms with Crippen molar-refractivity contribution < 1.29 is 14.3 Å². The SMILES string of the molecule is CC(=O)C1CC2CCCCC2C1NC(=O)CN1CCC(OC2CCCCC2)CC1. The zero-order valence-electron chi connectivity index (χ0n) is 18.2. The molecule has 0 spiro atoms. The first-order chi connectivity index (χ1) is 14.1. The number of likely N-dealkylation sites (tertiary alicyclic amines) is 1. The van der Waals surface area contributed by atoms with Crippen molar-refractivity contribution in [3.05, 3.63) is 0 Å².